The predicted molar refractivity (Wildman–Crippen MR) is 76.1 cm³/mol. The van der Waals surface area contributed by atoms with E-state index in [9.17, 15) is 9.59 Å². The summed E-state index contributed by atoms with van der Waals surface area (Å²) in [7, 11) is 0. The van der Waals surface area contributed by atoms with Gasteiger partial charge in [0.2, 0.25) is 5.91 Å². The van der Waals surface area contributed by atoms with Crippen LogP contribution in [0.4, 0.5) is 0 Å². The predicted octanol–water partition coefficient (Wildman–Crippen LogP) is 1.82. The van der Waals surface area contributed by atoms with Crippen LogP contribution in [-0.4, -0.2) is 59.0 Å². The van der Waals surface area contributed by atoms with Crippen molar-refractivity contribution in [2.75, 3.05) is 26.2 Å². The number of nitrogens with zero attached hydrogens (tertiary/aromatic N) is 2. The van der Waals surface area contributed by atoms with Gasteiger partial charge >= 0.3 is 5.97 Å². The molecule has 0 aromatic rings. The lowest BCUT2D eigenvalue weighted by atomic mass is 10.2. The number of hydrogen-bond donors (Lipinski definition) is 1. The number of carboxylic acid groups (broad SMARTS) is 1. The monoisotopic (exact) mass is 272 g/mol. The lowest BCUT2D eigenvalue weighted by molar-refractivity contribution is -0.138. The maximum Gasteiger partial charge on any atom is 0.317 e. The molecule has 0 spiro atoms. The van der Waals surface area contributed by atoms with E-state index in [0.29, 0.717) is 19.4 Å². The van der Waals surface area contributed by atoms with E-state index in [2.05, 4.69) is 0 Å². The van der Waals surface area contributed by atoms with Crippen LogP contribution < -0.4 is 0 Å². The van der Waals surface area contributed by atoms with Crippen LogP contribution in [-0.2, 0) is 9.59 Å². The molecule has 0 heterocycles. The van der Waals surface area contributed by atoms with Gasteiger partial charge in [-0.2, -0.15) is 0 Å². The zero-order valence-electron chi connectivity index (χ0n) is 12.7. The number of hydrogen-bond acceptors (Lipinski definition) is 3. The summed E-state index contributed by atoms with van der Waals surface area (Å²) in [5.41, 5.74) is 0. The van der Waals surface area contributed by atoms with Gasteiger partial charge in [-0.1, -0.05) is 6.92 Å². The highest BCUT2D eigenvalue weighted by molar-refractivity contribution is 5.76. The van der Waals surface area contributed by atoms with Gasteiger partial charge in [-0.05, 0) is 40.2 Å². The molecular weight excluding hydrogens is 244 g/mol. The largest absolute Gasteiger partial charge is 0.480 e. The highest BCUT2D eigenvalue weighted by atomic mass is 16.4. The number of carboxylic acids is 1. The molecule has 0 aromatic carbocycles. The second-order valence-corrected chi connectivity index (χ2v) is 4.79. The number of carbonyl (C=O) groups excluding carboxylic acids is 1. The molecule has 5 nitrogen and oxygen atoms in total. The molecule has 0 aromatic heterocycles. The zero-order valence-corrected chi connectivity index (χ0v) is 12.7. The Labute approximate surface area is 116 Å². The van der Waals surface area contributed by atoms with Gasteiger partial charge in [0.15, 0.2) is 0 Å². The van der Waals surface area contributed by atoms with Gasteiger partial charge in [-0.25, -0.2) is 0 Å². The molecule has 1 N–H and O–H groups in total. The first-order valence-electron chi connectivity index (χ1n) is 7.19. The lowest BCUT2D eigenvalue weighted by Crippen LogP contribution is -2.38. The van der Waals surface area contributed by atoms with Crippen molar-refractivity contribution in [2.24, 2.45) is 0 Å². The van der Waals surface area contributed by atoms with E-state index in [4.69, 9.17) is 5.11 Å². The van der Waals surface area contributed by atoms with Crippen LogP contribution in [0.25, 0.3) is 0 Å². The fourth-order valence-corrected chi connectivity index (χ4v) is 2.06. The van der Waals surface area contributed by atoms with Crippen LogP contribution in [0.5, 0.6) is 0 Å². The van der Waals surface area contributed by atoms with Crippen molar-refractivity contribution < 1.29 is 14.7 Å². The van der Waals surface area contributed by atoms with Gasteiger partial charge < -0.3 is 10.0 Å². The minimum atomic E-state index is -0.810. The SMILES string of the molecule is CCC(C)N(CCCC(=O)N(CC)CC)CC(=O)O. The maximum atomic E-state index is 11.8. The summed E-state index contributed by atoms with van der Waals surface area (Å²) in [6.07, 6.45) is 2.12. The molecular formula is C14H28N2O3. The summed E-state index contributed by atoms with van der Waals surface area (Å²) in [6.45, 7) is 10.2. The van der Waals surface area contributed by atoms with E-state index < -0.39 is 5.97 Å². The molecule has 0 fully saturated rings. The first-order chi connectivity index (χ1) is 8.96. The Hall–Kier alpha value is -1.10. The summed E-state index contributed by atoms with van der Waals surface area (Å²) in [4.78, 5) is 26.4. The normalized spacial score (nSPS) is 12.5. The first kappa shape index (κ1) is 17.9. The maximum absolute atomic E-state index is 11.8. The Bertz CT molecular complexity index is 278. The van der Waals surface area contributed by atoms with E-state index in [1.165, 1.54) is 0 Å². The van der Waals surface area contributed by atoms with Gasteiger partial charge in [0.05, 0.1) is 6.54 Å². The van der Waals surface area contributed by atoms with E-state index in [0.717, 1.165) is 19.5 Å². The Morgan fingerprint density at radius 3 is 2.16 bits per heavy atom. The average Bonchev–Trinajstić information content (AvgIpc) is 2.37. The van der Waals surface area contributed by atoms with Crippen molar-refractivity contribution in [3.8, 4) is 0 Å². The third-order valence-electron chi connectivity index (χ3n) is 3.50. The van der Waals surface area contributed by atoms with E-state index in [1.54, 1.807) is 0 Å². The Balaban J connectivity index is 4.18. The molecule has 19 heavy (non-hydrogen) atoms. The highest BCUT2D eigenvalue weighted by Crippen LogP contribution is 2.06. The van der Waals surface area contributed by atoms with Crippen molar-refractivity contribution in [3.63, 3.8) is 0 Å². The van der Waals surface area contributed by atoms with Gasteiger partial charge in [0, 0.05) is 25.6 Å². The number of aliphatic carboxylic acids is 1. The number of rotatable bonds is 10. The van der Waals surface area contributed by atoms with Crippen molar-refractivity contribution in [1.82, 2.24) is 9.80 Å². The zero-order chi connectivity index (χ0) is 14.8. The standard InChI is InChI=1S/C14H28N2O3/c1-5-12(4)16(11-14(18)19)10-8-9-13(17)15(6-2)7-3/h12H,5-11H2,1-4H3,(H,18,19). The van der Waals surface area contributed by atoms with Crippen molar-refractivity contribution in [2.45, 2.75) is 53.0 Å². The van der Waals surface area contributed by atoms with Crippen LogP contribution in [0.15, 0.2) is 0 Å². The summed E-state index contributed by atoms with van der Waals surface area (Å²) < 4.78 is 0. The molecule has 0 aliphatic heterocycles. The smallest absolute Gasteiger partial charge is 0.317 e. The van der Waals surface area contributed by atoms with Crippen molar-refractivity contribution in [3.05, 3.63) is 0 Å². The first-order valence-corrected chi connectivity index (χ1v) is 7.19. The molecule has 0 aliphatic carbocycles. The van der Waals surface area contributed by atoms with Crippen LogP contribution in [0.2, 0.25) is 0 Å². The van der Waals surface area contributed by atoms with E-state index in [1.807, 2.05) is 37.5 Å². The van der Waals surface area contributed by atoms with E-state index >= 15 is 0 Å². The fourth-order valence-electron chi connectivity index (χ4n) is 2.06. The van der Waals surface area contributed by atoms with Gasteiger partial charge in [-0.15, -0.1) is 0 Å². The second-order valence-electron chi connectivity index (χ2n) is 4.79. The molecule has 1 atom stereocenters. The topological polar surface area (TPSA) is 60.9 Å². The third kappa shape index (κ3) is 7.15. The molecule has 0 aliphatic rings. The molecule has 112 valence electrons. The van der Waals surface area contributed by atoms with Crippen LogP contribution in [0.3, 0.4) is 0 Å². The average molecular weight is 272 g/mol. The minimum absolute atomic E-state index is 0.0501. The van der Waals surface area contributed by atoms with Crippen LogP contribution in [0, 0.1) is 0 Å². The van der Waals surface area contributed by atoms with Crippen LogP contribution >= 0.6 is 0 Å². The Kier molecular flexibility index (Phi) is 9.21. The number of carbonyl (C=O) groups is 2. The Morgan fingerprint density at radius 2 is 1.74 bits per heavy atom. The van der Waals surface area contributed by atoms with Crippen molar-refractivity contribution >= 4 is 11.9 Å². The molecule has 0 bridgehead atoms. The summed E-state index contributed by atoms with van der Waals surface area (Å²) >= 11 is 0. The van der Waals surface area contributed by atoms with Gasteiger partial charge in [0.25, 0.3) is 0 Å². The molecule has 0 saturated heterocycles. The van der Waals surface area contributed by atoms with Gasteiger partial charge in [-0.3, -0.25) is 14.5 Å². The summed E-state index contributed by atoms with van der Waals surface area (Å²) in [6, 6.07) is 0.236. The lowest BCUT2D eigenvalue weighted by Gasteiger charge is -2.27. The summed E-state index contributed by atoms with van der Waals surface area (Å²) in [5, 5.41) is 8.88. The quantitative estimate of drug-likeness (QED) is 0.659. The molecule has 5 heteroatoms. The molecule has 0 rings (SSSR count). The molecule has 1 amide bonds. The summed E-state index contributed by atoms with van der Waals surface area (Å²) in [5.74, 6) is -0.653. The Morgan fingerprint density at radius 1 is 1.16 bits per heavy atom. The molecule has 1 unspecified atom stereocenters. The number of amides is 1. The van der Waals surface area contributed by atoms with Gasteiger partial charge in [0.1, 0.15) is 0 Å². The van der Waals surface area contributed by atoms with Crippen LogP contribution in [0.1, 0.15) is 47.0 Å². The van der Waals surface area contributed by atoms with E-state index in [-0.39, 0.29) is 18.5 Å². The molecule has 0 saturated carbocycles. The van der Waals surface area contributed by atoms with Crippen molar-refractivity contribution in [1.29, 1.82) is 0 Å². The fraction of sp³-hybridized carbons (Fsp3) is 0.857. The minimum Gasteiger partial charge on any atom is -0.480 e. The molecule has 0 radical (unpaired) electrons. The third-order valence-corrected chi connectivity index (χ3v) is 3.50. The second kappa shape index (κ2) is 9.78. The highest BCUT2D eigenvalue weighted by Gasteiger charge is 2.16.